The number of primary sulfonamides is 1. The molecule has 140 valence electrons. The molecule has 0 bridgehead atoms. The van der Waals surface area contributed by atoms with Gasteiger partial charge < -0.3 is 4.74 Å². The SMILES string of the molecule is COc1ccc(/C=C2/SC(=Nc3ccc(S(N)(=O)=O)cc3)N(C)C2=O)cc1. The van der Waals surface area contributed by atoms with Crippen molar-refractivity contribution >= 4 is 44.6 Å². The molecule has 1 fully saturated rings. The van der Waals surface area contributed by atoms with Crippen LogP contribution in [0.25, 0.3) is 6.08 Å². The Bertz CT molecular complexity index is 1030. The third-order valence-corrected chi connectivity index (χ3v) is 5.80. The van der Waals surface area contributed by atoms with Crippen LogP contribution in [-0.4, -0.2) is 38.6 Å². The van der Waals surface area contributed by atoms with Crippen LogP contribution in [0.5, 0.6) is 5.75 Å². The molecule has 0 radical (unpaired) electrons. The van der Waals surface area contributed by atoms with Crippen LogP contribution in [0.2, 0.25) is 0 Å². The summed E-state index contributed by atoms with van der Waals surface area (Å²) in [6.45, 7) is 0. The number of hydrogen-bond donors (Lipinski definition) is 1. The Hall–Kier alpha value is -2.62. The summed E-state index contributed by atoms with van der Waals surface area (Å²) in [4.78, 5) is 18.9. The number of ether oxygens (including phenoxy) is 1. The summed E-state index contributed by atoms with van der Waals surface area (Å²) < 4.78 is 27.7. The lowest BCUT2D eigenvalue weighted by molar-refractivity contribution is -0.121. The van der Waals surface area contributed by atoms with Crippen LogP contribution < -0.4 is 9.88 Å². The summed E-state index contributed by atoms with van der Waals surface area (Å²) in [5.74, 6) is 0.584. The minimum Gasteiger partial charge on any atom is -0.497 e. The normalized spacial score (nSPS) is 17.7. The van der Waals surface area contributed by atoms with Gasteiger partial charge in [-0.2, -0.15) is 0 Å². The van der Waals surface area contributed by atoms with Crippen LogP contribution in [0.15, 0.2) is 63.3 Å². The Morgan fingerprint density at radius 3 is 2.30 bits per heavy atom. The van der Waals surface area contributed by atoms with Gasteiger partial charge in [0.15, 0.2) is 5.17 Å². The highest BCUT2D eigenvalue weighted by atomic mass is 32.2. The standard InChI is InChI=1S/C18H17N3O4S2/c1-21-17(22)16(11-12-3-7-14(25-2)8-4-12)26-18(21)20-13-5-9-15(10-6-13)27(19,23)24/h3-11H,1-2H3,(H2,19,23,24)/b16-11+,20-18?. The predicted molar refractivity (Wildman–Crippen MR) is 106 cm³/mol. The number of thioether (sulfide) groups is 1. The molecule has 1 aliphatic heterocycles. The monoisotopic (exact) mass is 403 g/mol. The van der Waals surface area contributed by atoms with Crippen LogP contribution >= 0.6 is 11.8 Å². The van der Waals surface area contributed by atoms with Crippen LogP contribution in [-0.2, 0) is 14.8 Å². The van der Waals surface area contributed by atoms with Crippen molar-refractivity contribution in [3.05, 3.63) is 59.0 Å². The van der Waals surface area contributed by atoms with Crippen molar-refractivity contribution in [3.63, 3.8) is 0 Å². The van der Waals surface area contributed by atoms with Gasteiger partial charge in [-0.3, -0.25) is 9.69 Å². The van der Waals surface area contributed by atoms with E-state index in [1.54, 1.807) is 20.2 Å². The van der Waals surface area contributed by atoms with Gasteiger partial charge in [-0.15, -0.1) is 0 Å². The first-order valence-corrected chi connectivity index (χ1v) is 10.2. The number of rotatable bonds is 4. The molecule has 2 N–H and O–H groups in total. The fourth-order valence-electron chi connectivity index (χ4n) is 2.32. The number of benzene rings is 2. The average molecular weight is 403 g/mol. The Morgan fingerprint density at radius 1 is 1.11 bits per heavy atom. The van der Waals surface area contributed by atoms with Crippen LogP contribution in [0.4, 0.5) is 5.69 Å². The second-order valence-corrected chi connectivity index (χ2v) is 8.25. The Balaban J connectivity index is 1.84. The van der Waals surface area contributed by atoms with Gasteiger partial charge in [0.1, 0.15) is 5.75 Å². The number of amidine groups is 1. The van der Waals surface area contributed by atoms with E-state index in [0.717, 1.165) is 11.3 Å². The molecule has 2 aromatic carbocycles. The van der Waals surface area contributed by atoms with Crippen molar-refractivity contribution < 1.29 is 17.9 Å². The minimum atomic E-state index is -3.75. The highest BCUT2D eigenvalue weighted by Gasteiger charge is 2.30. The van der Waals surface area contributed by atoms with Crippen molar-refractivity contribution in [2.75, 3.05) is 14.2 Å². The summed E-state index contributed by atoms with van der Waals surface area (Å²) in [7, 11) is -0.516. The van der Waals surface area contributed by atoms with Crippen LogP contribution in [0.1, 0.15) is 5.56 Å². The predicted octanol–water partition coefficient (Wildman–Crippen LogP) is 2.58. The zero-order valence-corrected chi connectivity index (χ0v) is 16.3. The maximum absolute atomic E-state index is 12.5. The van der Waals surface area contributed by atoms with Crippen molar-refractivity contribution in [1.29, 1.82) is 0 Å². The molecule has 0 saturated carbocycles. The molecular weight excluding hydrogens is 386 g/mol. The molecular formula is C18H17N3O4S2. The van der Waals surface area contributed by atoms with Gasteiger partial charge in [-0.1, -0.05) is 12.1 Å². The van der Waals surface area contributed by atoms with E-state index in [2.05, 4.69) is 4.99 Å². The Labute approximate surface area is 161 Å². The van der Waals surface area contributed by atoms with Gasteiger partial charge in [-0.25, -0.2) is 18.5 Å². The molecule has 9 heteroatoms. The molecule has 3 rings (SSSR count). The Kier molecular flexibility index (Phi) is 5.36. The number of nitrogens with two attached hydrogens (primary N) is 1. The third-order valence-electron chi connectivity index (χ3n) is 3.81. The third kappa shape index (κ3) is 4.38. The van der Waals surface area contributed by atoms with Gasteiger partial charge in [-0.05, 0) is 59.8 Å². The summed E-state index contributed by atoms with van der Waals surface area (Å²) >= 11 is 1.25. The fourth-order valence-corrected chi connectivity index (χ4v) is 3.83. The first-order chi connectivity index (χ1) is 12.8. The molecule has 1 saturated heterocycles. The minimum absolute atomic E-state index is 0.00930. The quantitative estimate of drug-likeness (QED) is 0.791. The van der Waals surface area contributed by atoms with E-state index in [-0.39, 0.29) is 10.8 Å². The van der Waals surface area contributed by atoms with Gasteiger partial charge in [0.2, 0.25) is 10.0 Å². The van der Waals surface area contributed by atoms with Crippen molar-refractivity contribution in [1.82, 2.24) is 4.90 Å². The second-order valence-electron chi connectivity index (χ2n) is 5.68. The molecule has 1 heterocycles. The maximum atomic E-state index is 12.5. The van der Waals surface area contributed by atoms with E-state index < -0.39 is 10.0 Å². The van der Waals surface area contributed by atoms with E-state index in [4.69, 9.17) is 9.88 Å². The summed E-state index contributed by atoms with van der Waals surface area (Å²) in [5, 5.41) is 5.59. The first kappa shape index (κ1) is 19.2. The molecule has 0 unspecified atom stereocenters. The molecule has 27 heavy (non-hydrogen) atoms. The second kappa shape index (κ2) is 7.55. The highest BCUT2D eigenvalue weighted by molar-refractivity contribution is 8.18. The van der Waals surface area contributed by atoms with E-state index >= 15 is 0 Å². The summed E-state index contributed by atoms with van der Waals surface area (Å²) in [6.07, 6.45) is 1.79. The molecule has 1 aliphatic rings. The van der Waals surface area contributed by atoms with E-state index in [9.17, 15) is 13.2 Å². The molecule has 1 amide bonds. The first-order valence-electron chi connectivity index (χ1n) is 7.81. The van der Waals surface area contributed by atoms with E-state index in [1.165, 1.54) is 40.9 Å². The van der Waals surface area contributed by atoms with Crippen molar-refractivity contribution in [3.8, 4) is 5.75 Å². The number of carbonyl (C=O) groups excluding carboxylic acids is 1. The number of aliphatic imine (C=N–C) groups is 1. The smallest absolute Gasteiger partial charge is 0.266 e. The van der Waals surface area contributed by atoms with E-state index in [1.807, 2.05) is 24.3 Å². The number of sulfonamides is 1. The number of nitrogens with zero attached hydrogens (tertiary/aromatic N) is 2. The largest absolute Gasteiger partial charge is 0.497 e. The van der Waals surface area contributed by atoms with Gasteiger partial charge in [0.05, 0.1) is 22.6 Å². The zero-order chi connectivity index (χ0) is 19.6. The molecule has 0 aliphatic carbocycles. The highest BCUT2D eigenvalue weighted by Crippen LogP contribution is 2.33. The molecule has 0 spiro atoms. The topological polar surface area (TPSA) is 102 Å². The number of hydrogen-bond acceptors (Lipinski definition) is 6. The lowest BCUT2D eigenvalue weighted by Gasteiger charge is -2.07. The molecule has 2 aromatic rings. The number of likely N-dealkylation sites (N-methyl/N-ethyl adjacent to an activating group) is 1. The van der Waals surface area contributed by atoms with Gasteiger partial charge in [0, 0.05) is 7.05 Å². The lowest BCUT2D eigenvalue weighted by atomic mass is 10.2. The molecule has 7 nitrogen and oxygen atoms in total. The van der Waals surface area contributed by atoms with Crippen molar-refractivity contribution in [2.45, 2.75) is 4.90 Å². The van der Waals surface area contributed by atoms with Gasteiger partial charge in [0.25, 0.3) is 5.91 Å². The van der Waals surface area contributed by atoms with Crippen LogP contribution in [0.3, 0.4) is 0 Å². The van der Waals surface area contributed by atoms with Gasteiger partial charge >= 0.3 is 0 Å². The zero-order valence-electron chi connectivity index (χ0n) is 14.6. The fraction of sp³-hybridized carbons (Fsp3) is 0.111. The van der Waals surface area contributed by atoms with Crippen LogP contribution in [0, 0.1) is 0 Å². The summed E-state index contributed by atoms with van der Waals surface area (Å²) in [6, 6.07) is 13.2. The molecule has 0 aromatic heterocycles. The average Bonchev–Trinajstić information content (AvgIpc) is 2.90. The molecule has 0 atom stereocenters. The lowest BCUT2D eigenvalue weighted by Crippen LogP contribution is -2.23. The van der Waals surface area contributed by atoms with E-state index in [0.29, 0.717) is 15.8 Å². The Morgan fingerprint density at radius 2 is 1.74 bits per heavy atom. The maximum Gasteiger partial charge on any atom is 0.266 e. The summed E-state index contributed by atoms with van der Waals surface area (Å²) in [5.41, 5.74) is 1.40. The number of carbonyl (C=O) groups is 1. The number of amides is 1. The van der Waals surface area contributed by atoms with Crippen molar-refractivity contribution in [2.24, 2.45) is 10.1 Å². The number of methoxy groups -OCH3 is 1.